The van der Waals surface area contributed by atoms with Gasteiger partial charge in [0.05, 0.1) is 12.3 Å². The van der Waals surface area contributed by atoms with Gasteiger partial charge >= 0.3 is 5.97 Å². The Morgan fingerprint density at radius 3 is 2.60 bits per heavy atom. The summed E-state index contributed by atoms with van der Waals surface area (Å²) < 4.78 is 13.6. The third-order valence-electron chi connectivity index (χ3n) is 3.50. The smallest absolute Gasteiger partial charge is 0.308 e. The largest absolute Gasteiger partial charge is 0.481 e. The fraction of sp³-hybridized carbons (Fsp3) is 0.467. The lowest BCUT2D eigenvalue weighted by molar-refractivity contribution is -0.143. The van der Waals surface area contributed by atoms with Gasteiger partial charge in [0, 0.05) is 12.6 Å². The van der Waals surface area contributed by atoms with Crippen molar-refractivity contribution < 1.29 is 19.1 Å². The van der Waals surface area contributed by atoms with E-state index in [0.29, 0.717) is 5.56 Å². The monoisotopic (exact) mass is 279 g/mol. The molecule has 108 valence electrons. The highest BCUT2D eigenvalue weighted by molar-refractivity contribution is 5.80. The van der Waals surface area contributed by atoms with Crippen molar-refractivity contribution in [2.24, 2.45) is 5.92 Å². The lowest BCUT2D eigenvalue weighted by Gasteiger charge is -2.24. The van der Waals surface area contributed by atoms with E-state index in [4.69, 9.17) is 5.11 Å². The SMILES string of the molecule is CC(CN(C(=O)Cc1ccccc1F)C1CC1)C(=O)O. The molecule has 1 aromatic rings. The highest BCUT2D eigenvalue weighted by Crippen LogP contribution is 2.28. The second-order valence-corrected chi connectivity index (χ2v) is 5.28. The summed E-state index contributed by atoms with van der Waals surface area (Å²) in [7, 11) is 0. The topological polar surface area (TPSA) is 57.6 Å². The van der Waals surface area contributed by atoms with Crippen LogP contribution < -0.4 is 0 Å². The van der Waals surface area contributed by atoms with Gasteiger partial charge in [-0.15, -0.1) is 0 Å². The molecule has 1 amide bonds. The second kappa shape index (κ2) is 6.03. The van der Waals surface area contributed by atoms with E-state index in [1.165, 1.54) is 6.07 Å². The molecule has 5 heteroatoms. The van der Waals surface area contributed by atoms with E-state index in [2.05, 4.69) is 0 Å². The minimum Gasteiger partial charge on any atom is -0.481 e. The zero-order valence-corrected chi connectivity index (χ0v) is 11.4. The summed E-state index contributed by atoms with van der Waals surface area (Å²) >= 11 is 0. The number of benzene rings is 1. The van der Waals surface area contributed by atoms with Crippen molar-refractivity contribution in [2.45, 2.75) is 32.2 Å². The number of halogens is 1. The molecular formula is C15H18FNO3. The van der Waals surface area contributed by atoms with Gasteiger partial charge in [0.2, 0.25) is 5.91 Å². The average molecular weight is 279 g/mol. The number of carbonyl (C=O) groups excluding carboxylic acids is 1. The normalized spacial score (nSPS) is 15.7. The third-order valence-corrected chi connectivity index (χ3v) is 3.50. The first-order chi connectivity index (χ1) is 9.49. The summed E-state index contributed by atoms with van der Waals surface area (Å²) in [5, 5.41) is 8.95. The standard InChI is InChI=1S/C15H18FNO3/c1-10(15(19)20)9-17(12-6-7-12)14(18)8-11-4-2-3-5-13(11)16/h2-5,10,12H,6-9H2,1H3,(H,19,20). The summed E-state index contributed by atoms with van der Waals surface area (Å²) in [4.78, 5) is 24.8. The third kappa shape index (κ3) is 3.56. The van der Waals surface area contributed by atoms with Gasteiger partial charge in [-0.3, -0.25) is 9.59 Å². The van der Waals surface area contributed by atoms with Crippen LogP contribution in [0.5, 0.6) is 0 Å². The average Bonchev–Trinajstić information content (AvgIpc) is 3.22. The van der Waals surface area contributed by atoms with Gasteiger partial charge in [-0.2, -0.15) is 0 Å². The highest BCUT2D eigenvalue weighted by Gasteiger charge is 2.34. The molecule has 0 aliphatic heterocycles. The molecule has 1 fully saturated rings. The van der Waals surface area contributed by atoms with Crippen molar-refractivity contribution in [3.63, 3.8) is 0 Å². The predicted molar refractivity (Wildman–Crippen MR) is 71.6 cm³/mol. The summed E-state index contributed by atoms with van der Waals surface area (Å²) in [6, 6.07) is 6.29. The molecule has 1 unspecified atom stereocenters. The Morgan fingerprint density at radius 1 is 1.40 bits per heavy atom. The lowest BCUT2D eigenvalue weighted by Crippen LogP contribution is -2.39. The molecule has 0 radical (unpaired) electrons. The van der Waals surface area contributed by atoms with Crippen LogP contribution in [0.1, 0.15) is 25.3 Å². The van der Waals surface area contributed by atoms with E-state index in [0.717, 1.165) is 12.8 Å². The molecule has 1 aliphatic carbocycles. The molecular weight excluding hydrogens is 261 g/mol. The van der Waals surface area contributed by atoms with Crippen LogP contribution >= 0.6 is 0 Å². The Kier molecular flexibility index (Phi) is 4.37. The number of hydrogen-bond donors (Lipinski definition) is 1. The molecule has 1 saturated carbocycles. The van der Waals surface area contributed by atoms with Crippen LogP contribution in [0.4, 0.5) is 4.39 Å². The predicted octanol–water partition coefficient (Wildman–Crippen LogP) is 2.08. The van der Waals surface area contributed by atoms with Crippen molar-refractivity contribution in [3.8, 4) is 0 Å². The molecule has 1 atom stereocenters. The maximum atomic E-state index is 13.6. The van der Waals surface area contributed by atoms with Crippen LogP contribution in [0.15, 0.2) is 24.3 Å². The minimum atomic E-state index is -0.922. The van der Waals surface area contributed by atoms with Crippen LogP contribution in [0, 0.1) is 11.7 Å². The maximum absolute atomic E-state index is 13.6. The fourth-order valence-corrected chi connectivity index (χ4v) is 2.12. The van der Waals surface area contributed by atoms with Gasteiger partial charge in [0.15, 0.2) is 0 Å². The van der Waals surface area contributed by atoms with Crippen molar-refractivity contribution >= 4 is 11.9 Å². The van der Waals surface area contributed by atoms with E-state index in [9.17, 15) is 14.0 Å². The Hall–Kier alpha value is -1.91. The van der Waals surface area contributed by atoms with E-state index >= 15 is 0 Å². The summed E-state index contributed by atoms with van der Waals surface area (Å²) in [5.74, 6) is -2.14. The molecule has 2 rings (SSSR count). The van der Waals surface area contributed by atoms with Crippen LogP contribution in [0.2, 0.25) is 0 Å². The second-order valence-electron chi connectivity index (χ2n) is 5.28. The molecule has 4 nitrogen and oxygen atoms in total. The quantitative estimate of drug-likeness (QED) is 0.867. The number of carbonyl (C=O) groups is 2. The van der Waals surface area contributed by atoms with Gasteiger partial charge in [0.1, 0.15) is 5.82 Å². The molecule has 0 heterocycles. The van der Waals surface area contributed by atoms with Crippen LogP contribution in [0.3, 0.4) is 0 Å². The molecule has 0 spiro atoms. The van der Waals surface area contributed by atoms with E-state index < -0.39 is 17.7 Å². The molecule has 0 bridgehead atoms. The van der Waals surface area contributed by atoms with Crippen molar-refractivity contribution in [3.05, 3.63) is 35.6 Å². The zero-order valence-electron chi connectivity index (χ0n) is 11.4. The Labute approximate surface area is 117 Å². The zero-order chi connectivity index (χ0) is 14.7. The molecule has 0 aromatic heterocycles. The summed E-state index contributed by atoms with van der Waals surface area (Å²) in [6.45, 7) is 1.77. The van der Waals surface area contributed by atoms with Gasteiger partial charge in [0.25, 0.3) is 0 Å². The summed E-state index contributed by atoms with van der Waals surface area (Å²) in [6.07, 6.45) is 1.78. The van der Waals surface area contributed by atoms with Crippen molar-refractivity contribution in [1.29, 1.82) is 0 Å². The van der Waals surface area contributed by atoms with Crippen LogP contribution in [-0.2, 0) is 16.0 Å². The van der Waals surface area contributed by atoms with Crippen molar-refractivity contribution in [1.82, 2.24) is 4.90 Å². The fourth-order valence-electron chi connectivity index (χ4n) is 2.12. The molecule has 0 saturated heterocycles. The first-order valence-electron chi connectivity index (χ1n) is 6.74. The number of carboxylic acids is 1. The minimum absolute atomic E-state index is 0.0183. The Balaban J connectivity index is 2.04. The number of nitrogens with zero attached hydrogens (tertiary/aromatic N) is 1. The van der Waals surface area contributed by atoms with Gasteiger partial charge < -0.3 is 10.0 Å². The number of aliphatic carboxylic acids is 1. The van der Waals surface area contributed by atoms with E-state index in [1.807, 2.05) is 0 Å². The Bertz CT molecular complexity index is 514. The van der Waals surface area contributed by atoms with Gasteiger partial charge in [-0.25, -0.2) is 4.39 Å². The number of hydrogen-bond acceptors (Lipinski definition) is 2. The molecule has 1 aliphatic rings. The number of amides is 1. The van der Waals surface area contributed by atoms with E-state index in [1.54, 1.807) is 30.0 Å². The van der Waals surface area contributed by atoms with Crippen LogP contribution in [0.25, 0.3) is 0 Å². The first-order valence-corrected chi connectivity index (χ1v) is 6.74. The van der Waals surface area contributed by atoms with Crippen molar-refractivity contribution in [2.75, 3.05) is 6.54 Å². The van der Waals surface area contributed by atoms with Gasteiger partial charge in [-0.1, -0.05) is 25.1 Å². The van der Waals surface area contributed by atoms with Gasteiger partial charge in [-0.05, 0) is 24.5 Å². The molecule has 1 N–H and O–H groups in total. The lowest BCUT2D eigenvalue weighted by atomic mass is 10.1. The number of carboxylic acid groups (broad SMARTS) is 1. The Morgan fingerprint density at radius 2 is 2.05 bits per heavy atom. The first kappa shape index (κ1) is 14.5. The molecule has 1 aromatic carbocycles. The maximum Gasteiger partial charge on any atom is 0.308 e. The van der Waals surface area contributed by atoms with E-state index in [-0.39, 0.29) is 24.9 Å². The summed E-state index contributed by atoms with van der Waals surface area (Å²) in [5.41, 5.74) is 0.353. The van der Waals surface area contributed by atoms with Crippen LogP contribution in [-0.4, -0.2) is 34.5 Å². The molecule has 20 heavy (non-hydrogen) atoms. The highest BCUT2D eigenvalue weighted by atomic mass is 19.1. The number of rotatable bonds is 6.